The van der Waals surface area contributed by atoms with E-state index in [2.05, 4.69) is 10.3 Å². The van der Waals surface area contributed by atoms with E-state index in [1.54, 1.807) is 19.9 Å². The lowest BCUT2D eigenvalue weighted by Gasteiger charge is -2.22. The summed E-state index contributed by atoms with van der Waals surface area (Å²) in [6, 6.07) is 3.04. The predicted molar refractivity (Wildman–Crippen MR) is 69.9 cm³/mol. The molecule has 0 aliphatic rings. The molecule has 0 fully saturated rings. The van der Waals surface area contributed by atoms with Crippen LogP contribution in [-0.4, -0.2) is 36.9 Å². The van der Waals surface area contributed by atoms with Gasteiger partial charge in [-0.3, -0.25) is 4.79 Å². The summed E-state index contributed by atoms with van der Waals surface area (Å²) < 4.78 is 21.9. The first-order valence-corrected chi connectivity index (χ1v) is 7.22. The molecule has 0 aliphatic heterocycles. The number of amides is 1. The largest absolute Gasteiger partial charge is 0.397 e. The molecular formula is C11H17N3O3S. The summed E-state index contributed by atoms with van der Waals surface area (Å²) in [6.07, 6.45) is 2.51. The van der Waals surface area contributed by atoms with Gasteiger partial charge < -0.3 is 11.1 Å². The van der Waals surface area contributed by atoms with E-state index >= 15 is 0 Å². The van der Waals surface area contributed by atoms with Crippen LogP contribution in [0.25, 0.3) is 0 Å². The number of hydrogen-bond donors (Lipinski definition) is 2. The van der Waals surface area contributed by atoms with E-state index in [4.69, 9.17) is 5.73 Å². The Labute approximate surface area is 107 Å². The second-order valence-corrected chi connectivity index (χ2v) is 7.34. The van der Waals surface area contributed by atoms with Crippen molar-refractivity contribution in [3.63, 3.8) is 0 Å². The quantitative estimate of drug-likeness (QED) is 0.815. The maximum absolute atomic E-state index is 11.7. The molecule has 0 aromatic carbocycles. The van der Waals surface area contributed by atoms with Crippen molar-refractivity contribution >= 4 is 21.4 Å². The number of nitrogen functional groups attached to an aromatic ring is 1. The highest BCUT2D eigenvalue weighted by molar-refractivity contribution is 7.92. The summed E-state index contributed by atoms with van der Waals surface area (Å²) in [5.41, 5.74) is 6.12. The maximum atomic E-state index is 11.7. The molecule has 1 amide bonds. The van der Waals surface area contributed by atoms with Crippen LogP contribution in [0.1, 0.15) is 24.3 Å². The first kappa shape index (κ1) is 14.4. The fourth-order valence-electron chi connectivity index (χ4n) is 1.05. The van der Waals surface area contributed by atoms with Gasteiger partial charge in [-0.05, 0) is 26.0 Å². The molecule has 0 unspecified atom stereocenters. The number of carbonyl (C=O) groups is 1. The second-order valence-electron chi connectivity index (χ2n) is 4.69. The van der Waals surface area contributed by atoms with Crippen molar-refractivity contribution in [2.24, 2.45) is 0 Å². The molecule has 0 aliphatic carbocycles. The zero-order valence-electron chi connectivity index (χ0n) is 10.6. The minimum Gasteiger partial charge on any atom is -0.397 e. The number of nitrogens with two attached hydrogens (primary N) is 1. The molecule has 0 radical (unpaired) electrons. The van der Waals surface area contributed by atoms with Crippen molar-refractivity contribution in [2.75, 3.05) is 18.5 Å². The van der Waals surface area contributed by atoms with Crippen molar-refractivity contribution in [3.8, 4) is 0 Å². The van der Waals surface area contributed by atoms with Gasteiger partial charge in [0.2, 0.25) is 0 Å². The predicted octanol–water partition coefficient (Wildman–Crippen LogP) is 0.217. The summed E-state index contributed by atoms with van der Waals surface area (Å²) in [5.74, 6) is -0.424. The lowest BCUT2D eigenvalue weighted by atomic mass is 10.2. The zero-order valence-corrected chi connectivity index (χ0v) is 11.4. The van der Waals surface area contributed by atoms with E-state index < -0.39 is 20.5 Å². The number of nitrogens with zero attached hydrogens (tertiary/aromatic N) is 1. The topological polar surface area (TPSA) is 102 Å². The number of pyridine rings is 1. The lowest BCUT2D eigenvalue weighted by molar-refractivity contribution is 0.0945. The van der Waals surface area contributed by atoms with Crippen LogP contribution in [0.4, 0.5) is 5.69 Å². The molecule has 1 aromatic heterocycles. The number of carbonyl (C=O) groups excluding carboxylic acids is 1. The lowest BCUT2D eigenvalue weighted by Crippen LogP contribution is -2.43. The zero-order chi connectivity index (χ0) is 14.0. The fourth-order valence-corrected chi connectivity index (χ4v) is 1.39. The van der Waals surface area contributed by atoms with E-state index in [0.717, 1.165) is 6.26 Å². The van der Waals surface area contributed by atoms with Crippen LogP contribution in [0.5, 0.6) is 0 Å². The smallest absolute Gasteiger partial charge is 0.269 e. The number of nitrogens with one attached hydrogen (secondary N) is 1. The van der Waals surface area contributed by atoms with E-state index in [1.807, 2.05) is 0 Å². The van der Waals surface area contributed by atoms with Crippen molar-refractivity contribution in [2.45, 2.75) is 18.6 Å². The molecule has 1 heterocycles. The summed E-state index contributed by atoms with van der Waals surface area (Å²) in [7, 11) is -3.24. The Morgan fingerprint density at radius 1 is 1.44 bits per heavy atom. The molecule has 0 saturated carbocycles. The van der Waals surface area contributed by atoms with E-state index in [0.29, 0.717) is 5.69 Å². The first-order valence-electron chi connectivity index (χ1n) is 5.33. The second kappa shape index (κ2) is 4.93. The Balaban J connectivity index is 2.70. The van der Waals surface area contributed by atoms with Crippen LogP contribution < -0.4 is 11.1 Å². The Morgan fingerprint density at radius 3 is 2.50 bits per heavy atom. The van der Waals surface area contributed by atoms with Gasteiger partial charge in [0.1, 0.15) is 5.69 Å². The summed E-state index contributed by atoms with van der Waals surface area (Å²) in [5, 5.41) is 2.54. The molecule has 1 aromatic rings. The molecule has 0 bridgehead atoms. The Bertz CT molecular complexity index is 535. The van der Waals surface area contributed by atoms with Gasteiger partial charge >= 0.3 is 0 Å². The molecule has 18 heavy (non-hydrogen) atoms. The number of anilines is 1. The highest BCUT2D eigenvalue weighted by atomic mass is 32.2. The minimum atomic E-state index is -3.24. The van der Waals surface area contributed by atoms with Crippen LogP contribution >= 0.6 is 0 Å². The van der Waals surface area contributed by atoms with Crippen LogP contribution in [-0.2, 0) is 9.84 Å². The third-order valence-corrected chi connectivity index (χ3v) is 4.85. The minimum absolute atomic E-state index is 0.0245. The van der Waals surface area contributed by atoms with Crippen LogP contribution in [0.15, 0.2) is 18.3 Å². The molecule has 100 valence electrons. The molecule has 6 nitrogen and oxygen atoms in total. The van der Waals surface area contributed by atoms with Crippen LogP contribution in [0, 0.1) is 0 Å². The third-order valence-electron chi connectivity index (χ3n) is 2.70. The summed E-state index contributed by atoms with van der Waals surface area (Å²) >= 11 is 0. The van der Waals surface area contributed by atoms with Gasteiger partial charge in [0.05, 0.1) is 16.6 Å². The molecule has 0 atom stereocenters. The molecule has 0 spiro atoms. The van der Waals surface area contributed by atoms with Gasteiger partial charge in [-0.1, -0.05) is 0 Å². The monoisotopic (exact) mass is 271 g/mol. The van der Waals surface area contributed by atoms with Gasteiger partial charge in [-0.15, -0.1) is 0 Å². The van der Waals surface area contributed by atoms with Crippen LogP contribution in [0.3, 0.4) is 0 Å². The molecule has 1 rings (SSSR count). The van der Waals surface area contributed by atoms with E-state index in [9.17, 15) is 13.2 Å². The Morgan fingerprint density at radius 2 is 2.06 bits per heavy atom. The first-order chi connectivity index (χ1) is 8.13. The van der Waals surface area contributed by atoms with E-state index in [-0.39, 0.29) is 12.2 Å². The summed E-state index contributed by atoms with van der Waals surface area (Å²) in [6.45, 7) is 3.13. The molecular weight excluding hydrogens is 254 g/mol. The van der Waals surface area contributed by atoms with Gasteiger partial charge in [-0.2, -0.15) is 0 Å². The fraction of sp³-hybridized carbons (Fsp3) is 0.455. The average Bonchev–Trinajstić information content (AvgIpc) is 2.25. The SMILES string of the molecule is CC(C)(CNC(=O)c1ccc(N)cn1)S(C)(=O)=O. The van der Waals surface area contributed by atoms with E-state index in [1.165, 1.54) is 12.3 Å². The molecule has 7 heteroatoms. The van der Waals surface area contributed by atoms with Gasteiger partial charge in [0.25, 0.3) is 5.91 Å². The van der Waals surface area contributed by atoms with Crippen molar-refractivity contribution in [1.29, 1.82) is 0 Å². The molecule has 0 saturated heterocycles. The average molecular weight is 271 g/mol. The number of aromatic nitrogens is 1. The molecule has 3 N–H and O–H groups in total. The third kappa shape index (κ3) is 3.43. The Kier molecular flexibility index (Phi) is 3.95. The number of hydrogen-bond acceptors (Lipinski definition) is 5. The van der Waals surface area contributed by atoms with Crippen molar-refractivity contribution in [3.05, 3.63) is 24.0 Å². The maximum Gasteiger partial charge on any atom is 0.269 e. The normalized spacial score (nSPS) is 12.2. The van der Waals surface area contributed by atoms with Gasteiger partial charge in [-0.25, -0.2) is 13.4 Å². The van der Waals surface area contributed by atoms with Crippen molar-refractivity contribution in [1.82, 2.24) is 10.3 Å². The Hall–Kier alpha value is -1.63. The van der Waals surface area contributed by atoms with Gasteiger partial charge in [0.15, 0.2) is 9.84 Å². The standard InChI is InChI=1S/C11H17N3O3S/c1-11(2,18(3,16)17)7-14-10(15)9-5-4-8(12)6-13-9/h4-6H,7,12H2,1-3H3,(H,14,15). The van der Waals surface area contributed by atoms with Crippen molar-refractivity contribution < 1.29 is 13.2 Å². The highest BCUT2D eigenvalue weighted by Gasteiger charge is 2.30. The van der Waals surface area contributed by atoms with Gasteiger partial charge in [0, 0.05) is 12.8 Å². The summed E-state index contributed by atoms with van der Waals surface area (Å²) in [4.78, 5) is 15.6. The number of sulfone groups is 1. The number of rotatable bonds is 4. The van der Waals surface area contributed by atoms with Crippen LogP contribution in [0.2, 0.25) is 0 Å². The highest BCUT2D eigenvalue weighted by Crippen LogP contribution is 2.13.